The molecule has 1 heterocycles. The van der Waals surface area contributed by atoms with Gasteiger partial charge in [-0.3, -0.25) is 4.79 Å². The second kappa shape index (κ2) is 7.09. The number of carbonyl (C=O) groups excluding carboxylic acids is 1. The molecular formula is C15H21BrN2O2. The summed E-state index contributed by atoms with van der Waals surface area (Å²) < 4.78 is 0.800. The van der Waals surface area contributed by atoms with Crippen LogP contribution in [0.1, 0.15) is 36.5 Å². The lowest BCUT2D eigenvalue weighted by Gasteiger charge is -2.26. The first-order valence-corrected chi connectivity index (χ1v) is 7.92. The van der Waals surface area contributed by atoms with Gasteiger partial charge in [-0.25, -0.2) is 0 Å². The van der Waals surface area contributed by atoms with Gasteiger partial charge in [-0.2, -0.15) is 0 Å². The molecule has 110 valence electrons. The van der Waals surface area contributed by atoms with Crippen molar-refractivity contribution >= 4 is 21.8 Å². The molecule has 4 nitrogen and oxygen atoms in total. The van der Waals surface area contributed by atoms with Crippen LogP contribution in [0.4, 0.5) is 0 Å². The number of amides is 1. The topological polar surface area (TPSA) is 52.6 Å². The number of rotatable bonds is 5. The highest BCUT2D eigenvalue weighted by atomic mass is 79.9. The zero-order chi connectivity index (χ0) is 14.5. The molecule has 1 unspecified atom stereocenters. The molecule has 0 spiro atoms. The summed E-state index contributed by atoms with van der Waals surface area (Å²) in [4.78, 5) is 14.5. The van der Waals surface area contributed by atoms with Crippen LogP contribution in [-0.4, -0.2) is 41.6 Å². The Labute approximate surface area is 128 Å². The van der Waals surface area contributed by atoms with E-state index in [0.717, 1.165) is 23.9 Å². The van der Waals surface area contributed by atoms with E-state index in [9.17, 15) is 9.90 Å². The lowest BCUT2D eigenvalue weighted by molar-refractivity contribution is 0.0738. The molecule has 1 aliphatic rings. The van der Waals surface area contributed by atoms with Crippen molar-refractivity contribution in [1.29, 1.82) is 0 Å². The van der Waals surface area contributed by atoms with Crippen LogP contribution in [0.2, 0.25) is 0 Å². The third kappa shape index (κ3) is 3.73. The monoisotopic (exact) mass is 340 g/mol. The van der Waals surface area contributed by atoms with Crippen LogP contribution in [0.3, 0.4) is 0 Å². The maximum Gasteiger partial charge on any atom is 0.257 e. The summed E-state index contributed by atoms with van der Waals surface area (Å²) in [5, 5.41) is 13.3. The summed E-state index contributed by atoms with van der Waals surface area (Å²) in [5.74, 6) is -0.0574. The fourth-order valence-electron chi connectivity index (χ4n) is 2.57. The lowest BCUT2D eigenvalue weighted by atomic mass is 10.1. The van der Waals surface area contributed by atoms with Crippen molar-refractivity contribution in [2.75, 3.05) is 19.6 Å². The molecule has 0 bridgehead atoms. The third-order valence-corrected chi connectivity index (χ3v) is 4.07. The Morgan fingerprint density at radius 3 is 3.00 bits per heavy atom. The maximum absolute atomic E-state index is 12.6. The van der Waals surface area contributed by atoms with Crippen molar-refractivity contribution in [3.05, 3.63) is 28.2 Å². The summed E-state index contributed by atoms with van der Waals surface area (Å²) >= 11 is 3.35. The van der Waals surface area contributed by atoms with E-state index in [0.29, 0.717) is 24.7 Å². The van der Waals surface area contributed by atoms with Crippen molar-refractivity contribution in [3.8, 4) is 5.75 Å². The number of benzene rings is 1. The van der Waals surface area contributed by atoms with Crippen LogP contribution in [0.5, 0.6) is 5.75 Å². The number of aromatic hydroxyl groups is 1. The number of nitrogens with one attached hydrogen (secondary N) is 1. The number of phenolic OH excluding ortho intramolecular Hbond substituents is 1. The van der Waals surface area contributed by atoms with Crippen LogP contribution in [0.25, 0.3) is 0 Å². The van der Waals surface area contributed by atoms with Gasteiger partial charge in [-0.05, 0) is 44.0 Å². The highest BCUT2D eigenvalue weighted by molar-refractivity contribution is 9.10. The standard InChI is InChI=1S/C15H21BrN2O2/c1-2-8-18(10-12-4-3-7-17-12)15(20)13-9-11(16)5-6-14(13)19/h5-6,9,12,17,19H,2-4,7-8,10H2,1H3. The van der Waals surface area contributed by atoms with E-state index in [4.69, 9.17) is 0 Å². The Bertz CT molecular complexity index is 473. The smallest absolute Gasteiger partial charge is 0.257 e. The SMILES string of the molecule is CCCN(CC1CCCN1)C(=O)c1cc(Br)ccc1O. The van der Waals surface area contributed by atoms with Gasteiger partial charge in [0.2, 0.25) is 0 Å². The van der Waals surface area contributed by atoms with E-state index in [1.807, 2.05) is 4.90 Å². The van der Waals surface area contributed by atoms with Crippen molar-refractivity contribution in [2.45, 2.75) is 32.2 Å². The number of phenols is 1. The normalized spacial score (nSPS) is 18.2. The molecule has 1 aliphatic heterocycles. The second-order valence-electron chi connectivity index (χ2n) is 5.21. The Kier molecular flexibility index (Phi) is 5.43. The fraction of sp³-hybridized carbons (Fsp3) is 0.533. The highest BCUT2D eigenvalue weighted by Crippen LogP contribution is 2.24. The van der Waals surface area contributed by atoms with Crippen molar-refractivity contribution < 1.29 is 9.90 Å². The van der Waals surface area contributed by atoms with Gasteiger partial charge in [0, 0.05) is 23.6 Å². The van der Waals surface area contributed by atoms with E-state index in [2.05, 4.69) is 28.2 Å². The molecule has 1 atom stereocenters. The van der Waals surface area contributed by atoms with Gasteiger partial charge in [0.05, 0.1) is 5.56 Å². The Morgan fingerprint density at radius 1 is 1.55 bits per heavy atom. The van der Waals surface area contributed by atoms with Crippen LogP contribution >= 0.6 is 15.9 Å². The van der Waals surface area contributed by atoms with Gasteiger partial charge in [0.15, 0.2) is 0 Å². The van der Waals surface area contributed by atoms with E-state index < -0.39 is 0 Å². The molecule has 2 rings (SSSR count). The molecule has 1 amide bonds. The van der Waals surface area contributed by atoms with Gasteiger partial charge >= 0.3 is 0 Å². The summed E-state index contributed by atoms with van der Waals surface area (Å²) in [5.41, 5.74) is 0.367. The predicted octanol–water partition coefficient (Wildman–Crippen LogP) is 2.76. The number of halogens is 1. The molecule has 0 aliphatic carbocycles. The average Bonchev–Trinajstić information content (AvgIpc) is 2.93. The minimum Gasteiger partial charge on any atom is -0.507 e. The first kappa shape index (κ1) is 15.3. The number of nitrogens with zero attached hydrogens (tertiary/aromatic N) is 1. The summed E-state index contributed by atoms with van der Waals surface area (Å²) in [6.45, 7) is 4.51. The molecule has 0 radical (unpaired) electrons. The quantitative estimate of drug-likeness (QED) is 0.866. The molecule has 1 aromatic rings. The molecule has 1 saturated heterocycles. The first-order valence-electron chi connectivity index (χ1n) is 7.13. The van der Waals surface area contributed by atoms with Crippen LogP contribution in [-0.2, 0) is 0 Å². The van der Waals surface area contributed by atoms with Crippen molar-refractivity contribution in [2.24, 2.45) is 0 Å². The van der Waals surface area contributed by atoms with Crippen LogP contribution in [0, 0.1) is 0 Å². The third-order valence-electron chi connectivity index (χ3n) is 3.57. The first-order chi connectivity index (χ1) is 9.61. The molecule has 2 N–H and O–H groups in total. The van der Waals surface area contributed by atoms with Gasteiger partial charge in [-0.15, -0.1) is 0 Å². The number of hydrogen-bond donors (Lipinski definition) is 2. The van der Waals surface area contributed by atoms with Gasteiger partial charge in [0.25, 0.3) is 5.91 Å². The molecular weight excluding hydrogens is 320 g/mol. The zero-order valence-electron chi connectivity index (χ0n) is 11.7. The summed E-state index contributed by atoms with van der Waals surface area (Å²) in [6, 6.07) is 5.34. The largest absolute Gasteiger partial charge is 0.507 e. The highest BCUT2D eigenvalue weighted by Gasteiger charge is 2.23. The molecule has 1 aromatic carbocycles. The lowest BCUT2D eigenvalue weighted by Crippen LogP contribution is -2.41. The van der Waals surface area contributed by atoms with Gasteiger partial charge in [-0.1, -0.05) is 22.9 Å². The zero-order valence-corrected chi connectivity index (χ0v) is 13.3. The Hall–Kier alpha value is -1.07. The van der Waals surface area contributed by atoms with Crippen molar-refractivity contribution in [3.63, 3.8) is 0 Å². The van der Waals surface area contributed by atoms with E-state index in [-0.39, 0.29) is 11.7 Å². The van der Waals surface area contributed by atoms with E-state index in [1.54, 1.807) is 18.2 Å². The maximum atomic E-state index is 12.6. The van der Waals surface area contributed by atoms with Gasteiger partial charge < -0.3 is 15.3 Å². The molecule has 0 saturated carbocycles. The average molecular weight is 341 g/mol. The number of hydrogen-bond acceptors (Lipinski definition) is 3. The second-order valence-corrected chi connectivity index (χ2v) is 6.12. The molecule has 5 heteroatoms. The van der Waals surface area contributed by atoms with Crippen LogP contribution < -0.4 is 5.32 Å². The summed E-state index contributed by atoms with van der Waals surface area (Å²) in [6.07, 6.45) is 3.19. The molecule has 1 fully saturated rings. The Morgan fingerprint density at radius 2 is 2.35 bits per heavy atom. The number of carbonyl (C=O) groups is 1. The predicted molar refractivity (Wildman–Crippen MR) is 83.0 cm³/mol. The Balaban J connectivity index is 2.14. The minimum atomic E-state index is -0.0978. The summed E-state index contributed by atoms with van der Waals surface area (Å²) in [7, 11) is 0. The van der Waals surface area contributed by atoms with Crippen LogP contribution in [0.15, 0.2) is 22.7 Å². The fourth-order valence-corrected chi connectivity index (χ4v) is 2.94. The minimum absolute atomic E-state index is 0.0404. The van der Waals surface area contributed by atoms with Gasteiger partial charge in [0.1, 0.15) is 5.75 Å². The molecule has 20 heavy (non-hydrogen) atoms. The molecule has 0 aromatic heterocycles. The van der Waals surface area contributed by atoms with E-state index >= 15 is 0 Å². The van der Waals surface area contributed by atoms with Crippen molar-refractivity contribution in [1.82, 2.24) is 10.2 Å². The van der Waals surface area contributed by atoms with E-state index in [1.165, 1.54) is 6.42 Å².